The molecule has 0 aliphatic rings. The predicted octanol–water partition coefficient (Wildman–Crippen LogP) is 3.63. The predicted molar refractivity (Wildman–Crippen MR) is 84.3 cm³/mol. The number of benzene rings is 2. The summed E-state index contributed by atoms with van der Waals surface area (Å²) in [4.78, 5) is 11.5. The summed E-state index contributed by atoms with van der Waals surface area (Å²) in [5.41, 5.74) is 2.56. The second-order valence-electron chi connectivity index (χ2n) is 4.72. The third-order valence-corrected chi connectivity index (χ3v) is 3.76. The molecule has 0 aliphatic carbocycles. The first-order chi connectivity index (χ1) is 10.2. The maximum Gasteiger partial charge on any atom is 0.337 e. The van der Waals surface area contributed by atoms with E-state index in [9.17, 15) is 4.79 Å². The molecular weight excluding hydrogens is 332 g/mol. The van der Waals surface area contributed by atoms with Gasteiger partial charge in [-0.3, -0.25) is 4.68 Å². The van der Waals surface area contributed by atoms with Crippen molar-refractivity contribution >= 4 is 32.8 Å². The standard InChI is InChI=1S/C16H13BrN2O2/c1-21-16(20)12-4-7-15-13(8-12)10-19(18-15)9-11-2-5-14(17)6-3-11/h2-8,10H,9H2,1H3. The Morgan fingerprint density at radius 3 is 2.71 bits per heavy atom. The van der Waals surface area contributed by atoms with Gasteiger partial charge in [-0.25, -0.2) is 4.79 Å². The lowest BCUT2D eigenvalue weighted by atomic mass is 10.1. The zero-order valence-corrected chi connectivity index (χ0v) is 13.0. The van der Waals surface area contributed by atoms with Crippen LogP contribution < -0.4 is 0 Å². The number of aromatic nitrogens is 2. The molecule has 3 aromatic rings. The Hall–Kier alpha value is -2.14. The molecule has 4 nitrogen and oxygen atoms in total. The van der Waals surface area contributed by atoms with Gasteiger partial charge in [-0.15, -0.1) is 0 Å². The molecule has 0 saturated heterocycles. The van der Waals surface area contributed by atoms with E-state index in [4.69, 9.17) is 4.74 Å². The molecule has 21 heavy (non-hydrogen) atoms. The lowest BCUT2D eigenvalue weighted by molar-refractivity contribution is 0.0601. The van der Waals surface area contributed by atoms with E-state index >= 15 is 0 Å². The Bertz CT molecular complexity index is 794. The highest BCUT2D eigenvalue weighted by atomic mass is 79.9. The van der Waals surface area contributed by atoms with E-state index in [1.807, 2.05) is 29.1 Å². The zero-order valence-electron chi connectivity index (χ0n) is 11.4. The fraction of sp³-hybridized carbons (Fsp3) is 0.125. The van der Waals surface area contributed by atoms with Gasteiger partial charge in [-0.1, -0.05) is 28.1 Å². The summed E-state index contributed by atoms with van der Waals surface area (Å²) in [7, 11) is 1.38. The molecule has 0 radical (unpaired) electrons. The lowest BCUT2D eigenvalue weighted by Gasteiger charge is -2.01. The maximum atomic E-state index is 11.5. The third-order valence-electron chi connectivity index (χ3n) is 3.23. The molecule has 0 saturated carbocycles. The second kappa shape index (κ2) is 5.69. The summed E-state index contributed by atoms with van der Waals surface area (Å²) in [5, 5.41) is 5.44. The summed E-state index contributed by atoms with van der Waals surface area (Å²) in [5.74, 6) is -0.336. The van der Waals surface area contributed by atoms with Gasteiger partial charge < -0.3 is 4.74 Å². The fourth-order valence-electron chi connectivity index (χ4n) is 2.18. The van der Waals surface area contributed by atoms with E-state index in [1.54, 1.807) is 12.1 Å². The highest BCUT2D eigenvalue weighted by molar-refractivity contribution is 9.10. The van der Waals surface area contributed by atoms with Crippen molar-refractivity contribution < 1.29 is 9.53 Å². The van der Waals surface area contributed by atoms with Gasteiger partial charge in [0.05, 0.1) is 24.7 Å². The summed E-state index contributed by atoms with van der Waals surface area (Å²) in [6.07, 6.45) is 1.93. The largest absolute Gasteiger partial charge is 0.465 e. The normalized spacial score (nSPS) is 10.8. The SMILES string of the molecule is COC(=O)c1ccc2nn(Cc3ccc(Br)cc3)cc2c1. The van der Waals surface area contributed by atoms with E-state index in [2.05, 4.69) is 33.2 Å². The number of rotatable bonds is 3. The zero-order chi connectivity index (χ0) is 14.8. The third kappa shape index (κ3) is 2.97. The van der Waals surface area contributed by atoms with Gasteiger partial charge in [0.25, 0.3) is 0 Å². The Labute approximate surface area is 130 Å². The molecule has 1 aromatic heterocycles. The van der Waals surface area contributed by atoms with Gasteiger partial charge in [-0.05, 0) is 35.9 Å². The number of hydrogen-bond acceptors (Lipinski definition) is 3. The monoisotopic (exact) mass is 344 g/mol. The van der Waals surface area contributed by atoms with E-state index < -0.39 is 0 Å². The molecule has 0 spiro atoms. The Morgan fingerprint density at radius 1 is 1.24 bits per heavy atom. The smallest absolute Gasteiger partial charge is 0.337 e. The van der Waals surface area contributed by atoms with E-state index in [0.717, 1.165) is 15.4 Å². The molecule has 106 valence electrons. The average Bonchev–Trinajstić information content (AvgIpc) is 2.90. The molecule has 0 unspecified atom stereocenters. The van der Waals surface area contributed by atoms with Crippen LogP contribution in [0.15, 0.2) is 53.1 Å². The Kier molecular flexibility index (Phi) is 3.75. The minimum absolute atomic E-state index is 0.336. The van der Waals surface area contributed by atoms with Crippen LogP contribution in [0.4, 0.5) is 0 Å². The minimum atomic E-state index is -0.336. The van der Waals surface area contributed by atoms with Gasteiger partial charge in [0.15, 0.2) is 0 Å². The number of methoxy groups -OCH3 is 1. The van der Waals surface area contributed by atoms with Gasteiger partial charge in [-0.2, -0.15) is 5.10 Å². The van der Waals surface area contributed by atoms with Crippen LogP contribution in [-0.4, -0.2) is 22.9 Å². The van der Waals surface area contributed by atoms with Crippen molar-refractivity contribution in [2.24, 2.45) is 0 Å². The van der Waals surface area contributed by atoms with Crippen LogP contribution in [-0.2, 0) is 11.3 Å². The summed E-state index contributed by atoms with van der Waals surface area (Å²) >= 11 is 3.42. The Morgan fingerprint density at radius 2 is 2.00 bits per heavy atom. The fourth-order valence-corrected chi connectivity index (χ4v) is 2.44. The maximum absolute atomic E-state index is 11.5. The second-order valence-corrected chi connectivity index (χ2v) is 5.63. The number of carbonyl (C=O) groups excluding carboxylic acids is 1. The van der Waals surface area contributed by atoms with Crippen LogP contribution in [0.25, 0.3) is 10.9 Å². The van der Waals surface area contributed by atoms with Crippen LogP contribution >= 0.6 is 15.9 Å². The molecule has 3 rings (SSSR count). The molecule has 0 aliphatic heterocycles. The summed E-state index contributed by atoms with van der Waals surface area (Å²) in [6, 6.07) is 13.5. The molecule has 0 bridgehead atoms. The van der Waals surface area contributed by atoms with Crippen molar-refractivity contribution in [3.05, 3.63) is 64.3 Å². The first-order valence-corrected chi connectivity index (χ1v) is 7.25. The highest BCUT2D eigenvalue weighted by Crippen LogP contribution is 2.17. The van der Waals surface area contributed by atoms with Crippen molar-refractivity contribution in [3.63, 3.8) is 0 Å². The van der Waals surface area contributed by atoms with Crippen molar-refractivity contribution in [1.29, 1.82) is 0 Å². The first-order valence-electron chi connectivity index (χ1n) is 6.46. The number of nitrogens with zero attached hydrogens (tertiary/aromatic N) is 2. The molecule has 0 atom stereocenters. The number of hydrogen-bond donors (Lipinski definition) is 0. The number of halogens is 1. The summed E-state index contributed by atoms with van der Waals surface area (Å²) < 4.78 is 7.65. The van der Waals surface area contributed by atoms with Crippen molar-refractivity contribution in [2.45, 2.75) is 6.54 Å². The van der Waals surface area contributed by atoms with E-state index in [-0.39, 0.29) is 5.97 Å². The highest BCUT2D eigenvalue weighted by Gasteiger charge is 2.08. The van der Waals surface area contributed by atoms with Crippen LogP contribution in [0.1, 0.15) is 15.9 Å². The topological polar surface area (TPSA) is 44.1 Å². The van der Waals surface area contributed by atoms with Crippen LogP contribution in [0.5, 0.6) is 0 Å². The molecular formula is C16H13BrN2O2. The molecule has 5 heteroatoms. The molecule has 0 N–H and O–H groups in total. The van der Waals surface area contributed by atoms with Crippen LogP contribution in [0.2, 0.25) is 0 Å². The number of esters is 1. The molecule has 2 aromatic carbocycles. The van der Waals surface area contributed by atoms with Crippen molar-refractivity contribution in [2.75, 3.05) is 7.11 Å². The Balaban J connectivity index is 1.90. The van der Waals surface area contributed by atoms with Crippen LogP contribution in [0.3, 0.4) is 0 Å². The minimum Gasteiger partial charge on any atom is -0.465 e. The van der Waals surface area contributed by atoms with E-state index in [1.165, 1.54) is 12.7 Å². The first kappa shape index (κ1) is 13.8. The van der Waals surface area contributed by atoms with Gasteiger partial charge in [0.2, 0.25) is 0 Å². The molecule has 0 amide bonds. The van der Waals surface area contributed by atoms with Gasteiger partial charge in [0, 0.05) is 16.1 Å². The molecule has 1 heterocycles. The van der Waals surface area contributed by atoms with Crippen LogP contribution in [0, 0.1) is 0 Å². The number of carbonyl (C=O) groups is 1. The number of fused-ring (bicyclic) bond motifs is 1. The van der Waals surface area contributed by atoms with Gasteiger partial charge in [0.1, 0.15) is 0 Å². The lowest BCUT2D eigenvalue weighted by Crippen LogP contribution is -2.00. The number of ether oxygens (including phenoxy) is 1. The van der Waals surface area contributed by atoms with Crippen molar-refractivity contribution in [3.8, 4) is 0 Å². The average molecular weight is 345 g/mol. The van der Waals surface area contributed by atoms with Crippen molar-refractivity contribution in [1.82, 2.24) is 9.78 Å². The quantitative estimate of drug-likeness (QED) is 0.681. The van der Waals surface area contributed by atoms with E-state index in [0.29, 0.717) is 12.1 Å². The molecule has 0 fully saturated rings. The summed E-state index contributed by atoms with van der Waals surface area (Å²) in [6.45, 7) is 0.690. The van der Waals surface area contributed by atoms with Gasteiger partial charge >= 0.3 is 5.97 Å².